The van der Waals surface area contributed by atoms with Crippen molar-refractivity contribution in [1.82, 2.24) is 10.2 Å². The molecular formula is C18H29N3O4. The molecular weight excluding hydrogens is 322 g/mol. The zero-order valence-electron chi connectivity index (χ0n) is 15.6. The topological polar surface area (TPSA) is 63.3 Å². The molecule has 0 saturated carbocycles. The van der Waals surface area contributed by atoms with Gasteiger partial charge in [0.05, 0.1) is 21.3 Å². The summed E-state index contributed by atoms with van der Waals surface area (Å²) in [7, 11) is 4.81. The highest BCUT2D eigenvalue weighted by atomic mass is 16.5. The van der Waals surface area contributed by atoms with Gasteiger partial charge >= 0.3 is 6.03 Å². The lowest BCUT2D eigenvalue weighted by Crippen LogP contribution is -2.52. The van der Waals surface area contributed by atoms with Gasteiger partial charge in [0.2, 0.25) is 5.75 Å². The summed E-state index contributed by atoms with van der Waals surface area (Å²) in [5.41, 5.74) is 1.00. The predicted molar refractivity (Wildman–Crippen MR) is 98.2 cm³/mol. The highest BCUT2D eigenvalue weighted by molar-refractivity contribution is 5.74. The second-order valence-electron chi connectivity index (χ2n) is 5.94. The SMILES string of the molecule is CCCCNC(=O)N1CCN(c2cc(OC)c(OC)c(OC)c2)CC1. The van der Waals surface area contributed by atoms with Crippen LogP contribution in [0.1, 0.15) is 19.8 Å². The lowest BCUT2D eigenvalue weighted by molar-refractivity contribution is 0.194. The van der Waals surface area contributed by atoms with E-state index in [1.165, 1.54) is 0 Å². The number of hydrogen-bond donors (Lipinski definition) is 1. The Bertz CT molecular complexity index is 546. The first kappa shape index (κ1) is 19.0. The molecule has 1 heterocycles. The van der Waals surface area contributed by atoms with Crippen molar-refractivity contribution in [3.05, 3.63) is 12.1 Å². The zero-order valence-corrected chi connectivity index (χ0v) is 15.6. The van der Waals surface area contributed by atoms with Gasteiger partial charge in [-0.3, -0.25) is 0 Å². The summed E-state index contributed by atoms with van der Waals surface area (Å²) in [6.45, 7) is 5.76. The van der Waals surface area contributed by atoms with Crippen molar-refractivity contribution in [2.24, 2.45) is 0 Å². The van der Waals surface area contributed by atoms with Crippen LogP contribution in [0.2, 0.25) is 0 Å². The molecule has 0 bridgehead atoms. The third-order valence-electron chi connectivity index (χ3n) is 4.39. The molecule has 0 aliphatic carbocycles. The van der Waals surface area contributed by atoms with Crippen molar-refractivity contribution in [3.63, 3.8) is 0 Å². The van der Waals surface area contributed by atoms with Crippen LogP contribution in [-0.4, -0.2) is 65.0 Å². The molecule has 7 heteroatoms. The molecule has 1 saturated heterocycles. The van der Waals surface area contributed by atoms with Crippen LogP contribution in [0.3, 0.4) is 0 Å². The molecule has 1 aliphatic heterocycles. The summed E-state index contributed by atoms with van der Waals surface area (Å²) in [6.07, 6.45) is 2.09. The number of carbonyl (C=O) groups is 1. The highest BCUT2D eigenvalue weighted by Gasteiger charge is 2.23. The van der Waals surface area contributed by atoms with Crippen molar-refractivity contribution < 1.29 is 19.0 Å². The minimum Gasteiger partial charge on any atom is -0.493 e. The molecule has 0 radical (unpaired) electrons. The van der Waals surface area contributed by atoms with Crippen LogP contribution in [0.15, 0.2) is 12.1 Å². The van der Waals surface area contributed by atoms with Gasteiger partial charge in [0.1, 0.15) is 0 Å². The minimum atomic E-state index is 0.0259. The Labute approximate surface area is 149 Å². The quantitative estimate of drug-likeness (QED) is 0.764. The fourth-order valence-corrected chi connectivity index (χ4v) is 2.90. The normalized spacial score (nSPS) is 14.2. The molecule has 0 unspecified atom stereocenters. The first-order chi connectivity index (χ1) is 12.1. The summed E-state index contributed by atoms with van der Waals surface area (Å²) >= 11 is 0. The van der Waals surface area contributed by atoms with Gasteiger partial charge in [-0.05, 0) is 6.42 Å². The van der Waals surface area contributed by atoms with Crippen LogP contribution in [0.4, 0.5) is 10.5 Å². The van der Waals surface area contributed by atoms with Crippen LogP contribution >= 0.6 is 0 Å². The van der Waals surface area contributed by atoms with Gasteiger partial charge in [-0.2, -0.15) is 0 Å². The van der Waals surface area contributed by atoms with E-state index < -0.39 is 0 Å². The third-order valence-corrected chi connectivity index (χ3v) is 4.39. The molecule has 140 valence electrons. The maximum absolute atomic E-state index is 12.1. The Hall–Kier alpha value is -2.31. The van der Waals surface area contributed by atoms with Gasteiger partial charge in [0.15, 0.2) is 11.5 Å². The number of piperazine rings is 1. The largest absolute Gasteiger partial charge is 0.493 e. The third kappa shape index (κ3) is 4.61. The van der Waals surface area contributed by atoms with E-state index in [2.05, 4.69) is 17.1 Å². The average molecular weight is 351 g/mol. The van der Waals surface area contributed by atoms with Crippen molar-refractivity contribution in [3.8, 4) is 17.2 Å². The number of ether oxygens (including phenoxy) is 3. The second-order valence-corrected chi connectivity index (χ2v) is 5.94. The van der Waals surface area contributed by atoms with E-state index in [1.807, 2.05) is 17.0 Å². The van der Waals surface area contributed by atoms with Crippen molar-refractivity contribution in [1.29, 1.82) is 0 Å². The molecule has 25 heavy (non-hydrogen) atoms. The molecule has 1 aromatic carbocycles. The van der Waals surface area contributed by atoms with Gasteiger partial charge in [0, 0.05) is 50.5 Å². The van der Waals surface area contributed by atoms with Crippen LogP contribution in [0.25, 0.3) is 0 Å². The Morgan fingerprint density at radius 1 is 1.04 bits per heavy atom. The van der Waals surface area contributed by atoms with E-state index in [0.717, 1.165) is 38.2 Å². The van der Waals surface area contributed by atoms with Gasteiger partial charge < -0.3 is 29.3 Å². The molecule has 7 nitrogen and oxygen atoms in total. The molecule has 1 N–H and O–H groups in total. The van der Waals surface area contributed by atoms with Crippen LogP contribution in [0, 0.1) is 0 Å². The average Bonchev–Trinajstić information content (AvgIpc) is 2.66. The minimum absolute atomic E-state index is 0.0259. The Balaban J connectivity index is 2.01. The number of hydrogen-bond acceptors (Lipinski definition) is 5. The molecule has 1 aromatic rings. The van der Waals surface area contributed by atoms with Crippen molar-refractivity contribution >= 4 is 11.7 Å². The number of nitrogens with one attached hydrogen (secondary N) is 1. The number of carbonyl (C=O) groups excluding carboxylic acids is 1. The number of anilines is 1. The number of methoxy groups -OCH3 is 3. The molecule has 2 amide bonds. The van der Waals surface area contributed by atoms with Gasteiger partial charge in [-0.15, -0.1) is 0 Å². The van der Waals surface area contributed by atoms with Gasteiger partial charge in [-0.25, -0.2) is 4.79 Å². The number of amides is 2. The monoisotopic (exact) mass is 351 g/mol. The number of urea groups is 1. The fourth-order valence-electron chi connectivity index (χ4n) is 2.90. The summed E-state index contributed by atoms with van der Waals surface area (Å²) in [5.74, 6) is 1.86. The molecule has 0 aromatic heterocycles. The van der Waals surface area contributed by atoms with E-state index >= 15 is 0 Å². The second kappa shape index (κ2) is 9.25. The number of benzene rings is 1. The number of unbranched alkanes of at least 4 members (excludes halogenated alkanes) is 1. The van der Waals surface area contributed by atoms with E-state index in [4.69, 9.17) is 14.2 Å². The lowest BCUT2D eigenvalue weighted by Gasteiger charge is -2.36. The lowest BCUT2D eigenvalue weighted by atomic mass is 10.2. The van der Waals surface area contributed by atoms with E-state index in [-0.39, 0.29) is 6.03 Å². The van der Waals surface area contributed by atoms with E-state index in [0.29, 0.717) is 30.3 Å². The maximum Gasteiger partial charge on any atom is 0.317 e. The van der Waals surface area contributed by atoms with E-state index in [9.17, 15) is 4.79 Å². The van der Waals surface area contributed by atoms with Crippen molar-refractivity contribution in [2.45, 2.75) is 19.8 Å². The first-order valence-corrected chi connectivity index (χ1v) is 8.72. The Morgan fingerprint density at radius 3 is 2.12 bits per heavy atom. The fraction of sp³-hybridized carbons (Fsp3) is 0.611. The van der Waals surface area contributed by atoms with Gasteiger partial charge in [0.25, 0.3) is 0 Å². The summed E-state index contributed by atoms with van der Waals surface area (Å²) in [5, 5.41) is 2.97. The first-order valence-electron chi connectivity index (χ1n) is 8.72. The maximum atomic E-state index is 12.1. The van der Waals surface area contributed by atoms with Crippen LogP contribution in [0.5, 0.6) is 17.2 Å². The van der Waals surface area contributed by atoms with Crippen LogP contribution < -0.4 is 24.4 Å². The molecule has 0 atom stereocenters. The number of rotatable bonds is 7. The predicted octanol–water partition coefficient (Wildman–Crippen LogP) is 2.34. The van der Waals surface area contributed by atoms with Crippen molar-refractivity contribution in [2.75, 3.05) is 59.0 Å². The van der Waals surface area contributed by atoms with E-state index in [1.54, 1.807) is 21.3 Å². The standard InChI is InChI=1S/C18H29N3O4/c1-5-6-7-19-18(22)21-10-8-20(9-11-21)14-12-15(23-2)17(25-4)16(13-14)24-3/h12-13H,5-11H2,1-4H3,(H,19,22). The Morgan fingerprint density at radius 2 is 1.64 bits per heavy atom. The summed E-state index contributed by atoms with van der Waals surface area (Å²) in [6, 6.07) is 3.91. The highest BCUT2D eigenvalue weighted by Crippen LogP contribution is 2.41. The molecule has 1 fully saturated rings. The molecule has 2 rings (SSSR count). The number of nitrogens with zero attached hydrogens (tertiary/aromatic N) is 2. The molecule has 0 spiro atoms. The molecule has 1 aliphatic rings. The Kier molecular flexibility index (Phi) is 7.03. The zero-order chi connectivity index (χ0) is 18.2. The summed E-state index contributed by atoms with van der Waals surface area (Å²) < 4.78 is 16.2. The smallest absolute Gasteiger partial charge is 0.317 e. The van der Waals surface area contributed by atoms with Gasteiger partial charge in [-0.1, -0.05) is 13.3 Å². The summed E-state index contributed by atoms with van der Waals surface area (Å²) in [4.78, 5) is 16.2. The van der Waals surface area contributed by atoms with Crippen LogP contribution in [-0.2, 0) is 0 Å².